The molecule has 0 radical (unpaired) electrons. The third-order valence-corrected chi connectivity index (χ3v) is 5.74. The molecular weight excluding hydrogens is 374 g/mol. The van der Waals surface area contributed by atoms with Crippen LogP contribution in [-0.4, -0.2) is 17.7 Å². The Kier molecular flexibility index (Phi) is 6.26. The predicted molar refractivity (Wildman–Crippen MR) is 109 cm³/mol. The standard InChI is InChI=1S/C21H23N3O3S/c1-13-8-9-18-16(10-13)12-19(28-18)21(27)24-23-20(26)17(22-14(2)25)11-15-6-4-3-5-7-15/h3-7,11-13H,8-10H2,1-2H3,(H,22,25)(H,23,26)(H,24,27)/b17-11-/t13-/m1/s1. The summed E-state index contributed by atoms with van der Waals surface area (Å²) in [4.78, 5) is 38.1. The van der Waals surface area contributed by atoms with Crippen molar-refractivity contribution in [2.24, 2.45) is 5.92 Å². The first kappa shape index (κ1) is 19.8. The van der Waals surface area contributed by atoms with Crippen LogP contribution in [0.25, 0.3) is 6.08 Å². The van der Waals surface area contributed by atoms with Gasteiger partial charge in [-0.05, 0) is 48.4 Å². The molecule has 6 nitrogen and oxygen atoms in total. The second-order valence-electron chi connectivity index (χ2n) is 6.97. The molecule has 0 aliphatic heterocycles. The molecule has 0 saturated heterocycles. The van der Waals surface area contributed by atoms with Gasteiger partial charge in [-0.2, -0.15) is 0 Å². The fourth-order valence-corrected chi connectivity index (χ4v) is 4.23. The Morgan fingerprint density at radius 3 is 2.61 bits per heavy atom. The number of hydrogen-bond acceptors (Lipinski definition) is 4. The van der Waals surface area contributed by atoms with E-state index >= 15 is 0 Å². The number of thiophene rings is 1. The Morgan fingerprint density at radius 1 is 1.14 bits per heavy atom. The number of benzene rings is 1. The molecule has 1 heterocycles. The monoisotopic (exact) mass is 397 g/mol. The van der Waals surface area contributed by atoms with Crippen LogP contribution in [0, 0.1) is 5.92 Å². The van der Waals surface area contributed by atoms with E-state index in [2.05, 4.69) is 23.1 Å². The van der Waals surface area contributed by atoms with E-state index in [4.69, 9.17) is 0 Å². The average molecular weight is 398 g/mol. The van der Waals surface area contributed by atoms with E-state index < -0.39 is 5.91 Å². The van der Waals surface area contributed by atoms with Crippen LogP contribution in [0.1, 0.15) is 45.9 Å². The molecule has 0 fully saturated rings. The number of rotatable bonds is 4. The Bertz CT molecular complexity index is 918. The van der Waals surface area contributed by atoms with E-state index in [-0.39, 0.29) is 17.5 Å². The molecule has 2 aromatic rings. The van der Waals surface area contributed by atoms with Crippen molar-refractivity contribution >= 4 is 35.1 Å². The van der Waals surface area contributed by atoms with Crippen molar-refractivity contribution in [1.82, 2.24) is 16.2 Å². The molecular formula is C21H23N3O3S. The van der Waals surface area contributed by atoms with Crippen molar-refractivity contribution in [2.75, 3.05) is 0 Å². The quantitative estimate of drug-likeness (QED) is 0.548. The first-order valence-electron chi connectivity index (χ1n) is 9.19. The minimum absolute atomic E-state index is 0.0540. The van der Waals surface area contributed by atoms with Gasteiger partial charge in [0.25, 0.3) is 11.8 Å². The topological polar surface area (TPSA) is 87.3 Å². The fraction of sp³-hybridized carbons (Fsp3) is 0.286. The fourth-order valence-electron chi connectivity index (χ4n) is 3.12. The molecule has 1 aliphatic carbocycles. The number of carbonyl (C=O) groups excluding carboxylic acids is 3. The lowest BCUT2D eigenvalue weighted by Crippen LogP contribution is -2.44. The summed E-state index contributed by atoms with van der Waals surface area (Å²) in [5.74, 6) is -0.700. The maximum atomic E-state index is 12.5. The smallest absolute Gasteiger partial charge is 0.286 e. The van der Waals surface area contributed by atoms with Gasteiger partial charge in [0, 0.05) is 11.8 Å². The molecule has 3 amide bonds. The van der Waals surface area contributed by atoms with E-state index in [0.717, 1.165) is 24.8 Å². The van der Waals surface area contributed by atoms with Crippen molar-refractivity contribution in [3.05, 3.63) is 63.0 Å². The summed E-state index contributed by atoms with van der Waals surface area (Å²) in [6.45, 7) is 3.53. The van der Waals surface area contributed by atoms with Gasteiger partial charge in [0.15, 0.2) is 0 Å². The van der Waals surface area contributed by atoms with Crippen molar-refractivity contribution in [3.63, 3.8) is 0 Å². The lowest BCUT2D eigenvalue weighted by Gasteiger charge is -2.16. The molecule has 1 aromatic carbocycles. The van der Waals surface area contributed by atoms with E-state index in [1.807, 2.05) is 36.4 Å². The minimum atomic E-state index is -0.595. The van der Waals surface area contributed by atoms with Gasteiger partial charge < -0.3 is 5.32 Å². The highest BCUT2D eigenvalue weighted by molar-refractivity contribution is 7.14. The summed E-state index contributed by atoms with van der Waals surface area (Å²) < 4.78 is 0. The highest BCUT2D eigenvalue weighted by atomic mass is 32.1. The number of hydrazine groups is 1. The summed E-state index contributed by atoms with van der Waals surface area (Å²) in [5.41, 5.74) is 6.86. The Balaban J connectivity index is 1.66. The van der Waals surface area contributed by atoms with Gasteiger partial charge in [-0.3, -0.25) is 25.2 Å². The van der Waals surface area contributed by atoms with Crippen LogP contribution < -0.4 is 16.2 Å². The lowest BCUT2D eigenvalue weighted by atomic mass is 9.90. The molecule has 0 spiro atoms. The van der Waals surface area contributed by atoms with Gasteiger partial charge in [0.05, 0.1) is 4.88 Å². The van der Waals surface area contributed by atoms with Gasteiger partial charge in [-0.25, -0.2) is 0 Å². The molecule has 0 bridgehead atoms. The molecule has 1 aromatic heterocycles. The van der Waals surface area contributed by atoms with Crippen LogP contribution in [0.2, 0.25) is 0 Å². The van der Waals surface area contributed by atoms with E-state index in [0.29, 0.717) is 10.8 Å². The number of fused-ring (bicyclic) bond motifs is 1. The number of nitrogens with one attached hydrogen (secondary N) is 3. The van der Waals surface area contributed by atoms with Gasteiger partial charge in [0.2, 0.25) is 5.91 Å². The zero-order valence-corrected chi connectivity index (χ0v) is 16.7. The molecule has 0 unspecified atom stereocenters. The van der Waals surface area contributed by atoms with Gasteiger partial charge >= 0.3 is 0 Å². The van der Waals surface area contributed by atoms with Crippen LogP contribution in [-0.2, 0) is 22.4 Å². The normalized spacial score (nSPS) is 16.1. The summed E-state index contributed by atoms with van der Waals surface area (Å²) in [6.07, 6.45) is 4.66. The van der Waals surface area contributed by atoms with Crippen LogP contribution in [0.3, 0.4) is 0 Å². The molecule has 3 rings (SSSR count). The van der Waals surface area contributed by atoms with Crippen LogP contribution in [0.5, 0.6) is 0 Å². The maximum Gasteiger partial charge on any atom is 0.286 e. The first-order chi connectivity index (χ1) is 13.4. The third kappa shape index (κ3) is 5.07. The molecule has 3 N–H and O–H groups in total. The van der Waals surface area contributed by atoms with Crippen molar-refractivity contribution < 1.29 is 14.4 Å². The molecule has 7 heteroatoms. The largest absolute Gasteiger partial charge is 0.322 e. The van der Waals surface area contributed by atoms with Crippen LogP contribution in [0.15, 0.2) is 42.1 Å². The Hall–Kier alpha value is -2.93. The van der Waals surface area contributed by atoms with Gasteiger partial charge in [-0.15, -0.1) is 11.3 Å². The first-order valence-corrected chi connectivity index (χ1v) is 10.0. The predicted octanol–water partition coefficient (Wildman–Crippen LogP) is 2.81. The zero-order chi connectivity index (χ0) is 20.1. The summed E-state index contributed by atoms with van der Waals surface area (Å²) in [6, 6.07) is 11.0. The van der Waals surface area contributed by atoms with Gasteiger partial charge in [-0.1, -0.05) is 37.3 Å². The van der Waals surface area contributed by atoms with E-state index in [9.17, 15) is 14.4 Å². The highest BCUT2D eigenvalue weighted by Gasteiger charge is 2.21. The number of aryl methyl sites for hydroxylation is 1. The van der Waals surface area contributed by atoms with Crippen LogP contribution in [0.4, 0.5) is 0 Å². The van der Waals surface area contributed by atoms with E-state index in [1.54, 1.807) is 6.08 Å². The number of hydrogen-bond donors (Lipinski definition) is 3. The molecule has 146 valence electrons. The molecule has 1 atom stereocenters. The summed E-state index contributed by atoms with van der Waals surface area (Å²) >= 11 is 1.47. The maximum absolute atomic E-state index is 12.5. The van der Waals surface area contributed by atoms with Crippen molar-refractivity contribution in [2.45, 2.75) is 33.1 Å². The van der Waals surface area contributed by atoms with Gasteiger partial charge in [0.1, 0.15) is 5.70 Å². The molecule has 0 saturated carbocycles. The van der Waals surface area contributed by atoms with Crippen molar-refractivity contribution in [1.29, 1.82) is 0 Å². The Morgan fingerprint density at radius 2 is 1.89 bits per heavy atom. The molecule has 28 heavy (non-hydrogen) atoms. The van der Waals surface area contributed by atoms with Crippen LogP contribution >= 0.6 is 11.3 Å². The lowest BCUT2D eigenvalue weighted by molar-refractivity contribution is -0.122. The second-order valence-corrected chi connectivity index (χ2v) is 8.10. The Labute approximate surface area is 168 Å². The SMILES string of the molecule is CC(=O)N/C(=C\c1ccccc1)C(=O)NNC(=O)c1cc2c(s1)CC[C@@H](C)C2. The van der Waals surface area contributed by atoms with E-state index in [1.165, 1.54) is 28.7 Å². The zero-order valence-electron chi connectivity index (χ0n) is 15.9. The second kappa shape index (κ2) is 8.84. The average Bonchev–Trinajstić information content (AvgIpc) is 3.09. The third-order valence-electron chi connectivity index (χ3n) is 4.51. The van der Waals surface area contributed by atoms with Crippen molar-refractivity contribution in [3.8, 4) is 0 Å². The number of carbonyl (C=O) groups is 3. The highest BCUT2D eigenvalue weighted by Crippen LogP contribution is 2.32. The molecule has 1 aliphatic rings. The number of amides is 3. The summed E-state index contributed by atoms with van der Waals surface area (Å²) in [5, 5.41) is 2.50. The summed E-state index contributed by atoms with van der Waals surface area (Å²) in [7, 11) is 0. The minimum Gasteiger partial charge on any atom is -0.322 e.